The first-order valence-corrected chi connectivity index (χ1v) is 17.9. The third kappa shape index (κ3) is 9.86. The van der Waals surface area contributed by atoms with Crippen molar-refractivity contribution in [2.75, 3.05) is 13.2 Å². The van der Waals surface area contributed by atoms with Crippen molar-refractivity contribution < 1.29 is 9.47 Å². The highest BCUT2D eigenvalue weighted by molar-refractivity contribution is 6.76. The molecule has 0 saturated heterocycles. The maximum absolute atomic E-state index is 5.84. The Hall–Kier alpha value is -1.27. The summed E-state index contributed by atoms with van der Waals surface area (Å²) in [4.78, 5) is 8.90. The molecular weight excluding hydrogens is 398 g/mol. The molecule has 2 heterocycles. The van der Waals surface area contributed by atoms with Gasteiger partial charge >= 0.3 is 0 Å². The van der Waals surface area contributed by atoms with Gasteiger partial charge in [0.05, 0.1) is 13.1 Å². The van der Waals surface area contributed by atoms with Crippen LogP contribution in [0.4, 0.5) is 0 Å². The first-order valence-electron chi connectivity index (χ1n) is 10.5. The molecule has 2 aromatic heterocycles. The largest absolute Gasteiger partial charge is 0.361 e. The van der Waals surface area contributed by atoms with Crippen LogP contribution in [0.2, 0.25) is 51.4 Å². The number of nitrogens with zero attached hydrogens (tertiary/aromatic N) is 4. The number of hydrogen-bond donors (Lipinski definition) is 1. The van der Waals surface area contributed by atoms with Crippen LogP contribution < -0.4 is 5.32 Å². The molecule has 0 unspecified atom stereocenters. The standard InChI is InChI=1S/C20H39N5O2Si2/c1-28(2,3)13-11-26-17-24-9-7-22-19(24)15-21-16-20-23-8-10-25(20)18-27-12-14-29(4,5)6/h7-10,21H,11-18H2,1-6H3. The Kier molecular flexibility index (Phi) is 9.28. The Morgan fingerprint density at radius 1 is 0.759 bits per heavy atom. The van der Waals surface area contributed by atoms with E-state index in [9.17, 15) is 0 Å². The molecule has 1 N–H and O–H groups in total. The summed E-state index contributed by atoms with van der Waals surface area (Å²) in [6, 6.07) is 2.36. The van der Waals surface area contributed by atoms with Gasteiger partial charge in [0.25, 0.3) is 0 Å². The maximum Gasteiger partial charge on any atom is 0.124 e. The third-order valence-corrected chi connectivity index (χ3v) is 8.03. The number of nitrogens with one attached hydrogen (secondary N) is 1. The van der Waals surface area contributed by atoms with Crippen LogP contribution in [0.1, 0.15) is 11.6 Å². The lowest BCUT2D eigenvalue weighted by Crippen LogP contribution is -2.23. The first-order chi connectivity index (χ1) is 13.6. The zero-order chi connectivity index (χ0) is 21.3. The number of aromatic nitrogens is 4. The molecule has 0 spiro atoms. The first kappa shape index (κ1) is 24.0. The topological polar surface area (TPSA) is 66.1 Å². The van der Waals surface area contributed by atoms with E-state index in [0.29, 0.717) is 26.6 Å². The summed E-state index contributed by atoms with van der Waals surface area (Å²) in [7, 11) is -2.10. The molecule has 0 aromatic carbocycles. The van der Waals surface area contributed by atoms with Gasteiger partial charge < -0.3 is 23.9 Å². The van der Waals surface area contributed by atoms with Crippen molar-refractivity contribution in [3.8, 4) is 0 Å². The average molecular weight is 438 g/mol. The van der Waals surface area contributed by atoms with Gasteiger partial charge in [0.2, 0.25) is 0 Å². The molecule has 2 aromatic rings. The second-order valence-electron chi connectivity index (χ2n) is 9.93. The fourth-order valence-electron chi connectivity index (χ4n) is 2.62. The van der Waals surface area contributed by atoms with Gasteiger partial charge in [0.1, 0.15) is 25.1 Å². The Morgan fingerprint density at radius 2 is 1.17 bits per heavy atom. The number of ether oxygens (including phenoxy) is 2. The second kappa shape index (κ2) is 11.2. The molecule has 0 bridgehead atoms. The summed E-state index contributed by atoms with van der Waals surface area (Å²) < 4.78 is 15.8. The second-order valence-corrected chi connectivity index (χ2v) is 21.2. The lowest BCUT2D eigenvalue weighted by atomic mass is 10.5. The molecule has 29 heavy (non-hydrogen) atoms. The highest BCUT2D eigenvalue weighted by Crippen LogP contribution is 2.09. The Morgan fingerprint density at radius 3 is 1.55 bits per heavy atom. The molecule has 0 aliphatic carbocycles. The van der Waals surface area contributed by atoms with Crippen LogP contribution >= 0.6 is 0 Å². The van der Waals surface area contributed by atoms with Crippen molar-refractivity contribution in [2.45, 2.75) is 77.9 Å². The van der Waals surface area contributed by atoms with Gasteiger partial charge in [-0.2, -0.15) is 0 Å². The van der Waals surface area contributed by atoms with Gasteiger partial charge in [-0.3, -0.25) is 0 Å². The van der Waals surface area contributed by atoms with Gasteiger partial charge in [-0.25, -0.2) is 9.97 Å². The van der Waals surface area contributed by atoms with Gasteiger partial charge in [0.15, 0.2) is 0 Å². The van der Waals surface area contributed by atoms with E-state index in [2.05, 4.69) is 63.7 Å². The molecule has 0 fully saturated rings. The summed E-state index contributed by atoms with van der Waals surface area (Å²) in [6.45, 7) is 18.3. The Bertz CT molecular complexity index is 659. The van der Waals surface area contributed by atoms with Crippen LogP contribution in [-0.2, 0) is 36.0 Å². The average Bonchev–Trinajstić information content (AvgIpc) is 3.23. The number of hydrogen-bond acceptors (Lipinski definition) is 5. The minimum absolute atomic E-state index is 0.557. The molecule has 0 saturated carbocycles. The summed E-state index contributed by atoms with van der Waals surface area (Å²) in [5.74, 6) is 1.95. The molecular formula is C20H39N5O2Si2. The lowest BCUT2D eigenvalue weighted by molar-refractivity contribution is 0.0840. The SMILES string of the molecule is C[Si](C)(C)CCOCn1ccnc1CNCc1nccn1COCC[Si](C)(C)C. The summed E-state index contributed by atoms with van der Waals surface area (Å²) in [6.07, 6.45) is 7.59. The van der Waals surface area contributed by atoms with Gasteiger partial charge in [0, 0.05) is 54.1 Å². The Balaban J connectivity index is 1.72. The summed E-state index contributed by atoms with van der Waals surface area (Å²) in [5, 5.41) is 3.44. The minimum atomic E-state index is -1.05. The molecule has 0 aliphatic rings. The molecule has 2 rings (SSSR count). The van der Waals surface area contributed by atoms with Crippen molar-refractivity contribution >= 4 is 16.1 Å². The molecule has 7 nitrogen and oxygen atoms in total. The van der Waals surface area contributed by atoms with Gasteiger partial charge in [-0.15, -0.1) is 0 Å². The van der Waals surface area contributed by atoms with Gasteiger partial charge in [-0.05, 0) is 12.1 Å². The normalized spacial score (nSPS) is 12.6. The highest BCUT2D eigenvalue weighted by atomic mass is 28.3. The van der Waals surface area contributed by atoms with Crippen molar-refractivity contribution in [3.05, 3.63) is 36.4 Å². The lowest BCUT2D eigenvalue weighted by Gasteiger charge is -2.16. The molecule has 0 aliphatic heterocycles. The highest BCUT2D eigenvalue weighted by Gasteiger charge is 2.13. The van der Waals surface area contributed by atoms with E-state index >= 15 is 0 Å². The summed E-state index contributed by atoms with van der Waals surface area (Å²) >= 11 is 0. The number of rotatable bonds is 14. The third-order valence-electron chi connectivity index (χ3n) is 4.62. The monoisotopic (exact) mass is 437 g/mol. The van der Waals surface area contributed by atoms with E-state index in [0.717, 1.165) is 24.9 Å². The fourth-order valence-corrected chi connectivity index (χ4v) is 4.13. The predicted molar refractivity (Wildman–Crippen MR) is 123 cm³/mol. The van der Waals surface area contributed by atoms with E-state index in [-0.39, 0.29) is 0 Å². The van der Waals surface area contributed by atoms with Gasteiger partial charge in [-0.1, -0.05) is 39.3 Å². The zero-order valence-electron chi connectivity index (χ0n) is 19.1. The number of imidazole rings is 2. The van der Waals surface area contributed by atoms with Crippen molar-refractivity contribution in [1.82, 2.24) is 24.4 Å². The zero-order valence-corrected chi connectivity index (χ0v) is 21.1. The molecule has 0 amide bonds. The van der Waals surface area contributed by atoms with Crippen LogP contribution in [0, 0.1) is 0 Å². The minimum Gasteiger partial charge on any atom is -0.361 e. The quantitative estimate of drug-likeness (QED) is 0.357. The van der Waals surface area contributed by atoms with Crippen molar-refractivity contribution in [3.63, 3.8) is 0 Å². The van der Waals surface area contributed by atoms with Crippen LogP contribution in [0.5, 0.6) is 0 Å². The maximum atomic E-state index is 5.84. The molecule has 164 valence electrons. The van der Waals surface area contributed by atoms with E-state index in [1.54, 1.807) is 0 Å². The predicted octanol–water partition coefficient (Wildman–Crippen LogP) is 3.99. The van der Waals surface area contributed by atoms with E-state index in [1.807, 2.05) is 24.8 Å². The fraction of sp³-hybridized carbons (Fsp3) is 0.700. The van der Waals surface area contributed by atoms with E-state index in [1.165, 1.54) is 12.1 Å². The van der Waals surface area contributed by atoms with Crippen molar-refractivity contribution in [1.29, 1.82) is 0 Å². The van der Waals surface area contributed by atoms with Crippen LogP contribution in [-0.4, -0.2) is 48.5 Å². The smallest absolute Gasteiger partial charge is 0.124 e. The summed E-state index contributed by atoms with van der Waals surface area (Å²) in [5.41, 5.74) is 0. The molecule has 0 radical (unpaired) electrons. The van der Waals surface area contributed by atoms with Crippen molar-refractivity contribution in [2.24, 2.45) is 0 Å². The van der Waals surface area contributed by atoms with Crippen LogP contribution in [0.15, 0.2) is 24.8 Å². The Labute approximate surface area is 177 Å². The van der Waals surface area contributed by atoms with Crippen LogP contribution in [0.3, 0.4) is 0 Å². The van der Waals surface area contributed by atoms with E-state index in [4.69, 9.17) is 9.47 Å². The van der Waals surface area contributed by atoms with E-state index < -0.39 is 16.1 Å². The van der Waals surface area contributed by atoms with Crippen LogP contribution in [0.25, 0.3) is 0 Å². The molecule has 9 heteroatoms. The molecule has 0 atom stereocenters.